The lowest BCUT2D eigenvalue weighted by Crippen LogP contribution is -2.10. The van der Waals surface area contributed by atoms with E-state index in [0.717, 1.165) is 18.0 Å². The van der Waals surface area contributed by atoms with Crippen LogP contribution in [-0.2, 0) is 11.2 Å². The average molecular weight is 236 g/mol. The van der Waals surface area contributed by atoms with Crippen molar-refractivity contribution in [2.75, 3.05) is 5.73 Å². The van der Waals surface area contributed by atoms with Gasteiger partial charge in [-0.25, -0.2) is 0 Å². The van der Waals surface area contributed by atoms with Gasteiger partial charge in [0.2, 0.25) is 0 Å². The van der Waals surface area contributed by atoms with Crippen molar-refractivity contribution >= 4 is 12.2 Å². The highest BCUT2D eigenvalue weighted by atomic mass is 16.3. The summed E-state index contributed by atoms with van der Waals surface area (Å²) in [5, 5.41) is 6.89. The van der Waals surface area contributed by atoms with E-state index in [0.29, 0.717) is 0 Å². The number of carboxylic acid groups (broad SMARTS) is 1. The zero-order chi connectivity index (χ0) is 12.5. The molecule has 0 aliphatic heterocycles. The number of pyridine rings is 1. The van der Waals surface area contributed by atoms with Crippen molar-refractivity contribution in [1.29, 1.82) is 0 Å². The zero-order valence-corrected chi connectivity index (χ0v) is 10.0. The second-order valence-corrected chi connectivity index (χ2v) is 4.40. The molecule has 1 aromatic rings. The van der Waals surface area contributed by atoms with Crippen LogP contribution in [0.1, 0.15) is 37.8 Å². The summed E-state index contributed by atoms with van der Waals surface area (Å²) in [6, 6.07) is 4.01. The molecular weight excluding hydrogens is 216 g/mol. The summed E-state index contributed by atoms with van der Waals surface area (Å²) >= 11 is 0. The van der Waals surface area contributed by atoms with E-state index >= 15 is 0 Å². The minimum Gasteiger partial charge on any atom is -0.483 e. The smallest absolute Gasteiger partial charge is 0.290 e. The second kappa shape index (κ2) is 7.65. The van der Waals surface area contributed by atoms with Crippen LogP contribution < -0.4 is 5.73 Å². The third kappa shape index (κ3) is 5.33. The third-order valence-electron chi connectivity index (χ3n) is 3.07. The summed E-state index contributed by atoms with van der Waals surface area (Å²) in [5.74, 6) is 0.861. The predicted molar refractivity (Wildman–Crippen MR) is 67.6 cm³/mol. The van der Waals surface area contributed by atoms with Crippen LogP contribution in [0.3, 0.4) is 0 Å². The van der Waals surface area contributed by atoms with Gasteiger partial charge in [-0.15, -0.1) is 0 Å². The van der Waals surface area contributed by atoms with Gasteiger partial charge in [-0.05, 0) is 24.5 Å². The molecule has 4 heteroatoms. The van der Waals surface area contributed by atoms with Gasteiger partial charge in [-0.1, -0.05) is 32.1 Å². The molecule has 1 aliphatic carbocycles. The van der Waals surface area contributed by atoms with Gasteiger partial charge >= 0.3 is 0 Å². The molecule has 0 bridgehead atoms. The molecule has 0 radical (unpaired) electrons. The van der Waals surface area contributed by atoms with E-state index in [1.807, 2.05) is 6.07 Å². The van der Waals surface area contributed by atoms with Gasteiger partial charge in [0.25, 0.3) is 6.47 Å². The number of anilines is 1. The molecule has 0 atom stereocenters. The summed E-state index contributed by atoms with van der Waals surface area (Å²) in [4.78, 5) is 12.7. The molecule has 0 unspecified atom stereocenters. The molecular formula is C13H20N2O2. The number of nitrogen functional groups attached to an aromatic ring is 1. The number of hydrogen-bond donors (Lipinski definition) is 2. The highest BCUT2D eigenvalue weighted by molar-refractivity contribution is 5.34. The van der Waals surface area contributed by atoms with Gasteiger partial charge in [-0.3, -0.25) is 9.78 Å². The van der Waals surface area contributed by atoms with Crippen LogP contribution in [0.5, 0.6) is 0 Å². The van der Waals surface area contributed by atoms with E-state index in [4.69, 9.17) is 15.6 Å². The van der Waals surface area contributed by atoms with Crippen LogP contribution in [-0.4, -0.2) is 16.6 Å². The minimum atomic E-state index is -0.250. The van der Waals surface area contributed by atoms with E-state index in [1.54, 1.807) is 6.20 Å². The first-order valence-corrected chi connectivity index (χ1v) is 6.04. The molecule has 0 saturated heterocycles. The van der Waals surface area contributed by atoms with Crippen LogP contribution in [0, 0.1) is 5.92 Å². The maximum Gasteiger partial charge on any atom is 0.290 e. The minimum absolute atomic E-state index is 0.250. The molecule has 2 rings (SSSR count). The molecule has 3 N–H and O–H groups in total. The number of nitrogens with zero attached hydrogens (tertiary/aromatic N) is 1. The second-order valence-electron chi connectivity index (χ2n) is 4.40. The van der Waals surface area contributed by atoms with Crippen molar-refractivity contribution in [2.45, 2.75) is 38.5 Å². The van der Waals surface area contributed by atoms with Gasteiger partial charge in [0.1, 0.15) is 0 Å². The van der Waals surface area contributed by atoms with Gasteiger partial charge in [-0.2, -0.15) is 0 Å². The number of hydrogen-bond acceptors (Lipinski definition) is 3. The normalized spacial score (nSPS) is 15.8. The van der Waals surface area contributed by atoms with Crippen molar-refractivity contribution in [3.8, 4) is 0 Å². The Morgan fingerprint density at radius 1 is 1.35 bits per heavy atom. The first-order chi connectivity index (χ1) is 8.26. The fraction of sp³-hybridized carbons (Fsp3) is 0.538. The van der Waals surface area contributed by atoms with Crippen LogP contribution >= 0.6 is 0 Å². The lowest BCUT2D eigenvalue weighted by atomic mass is 9.86. The van der Waals surface area contributed by atoms with Crippen molar-refractivity contribution < 1.29 is 9.90 Å². The Bertz CT molecular complexity index is 319. The Labute approximate surface area is 102 Å². The quantitative estimate of drug-likeness (QED) is 0.773. The maximum atomic E-state index is 8.36. The maximum absolute atomic E-state index is 8.36. The predicted octanol–water partition coefficient (Wildman–Crippen LogP) is 2.49. The lowest BCUT2D eigenvalue weighted by Gasteiger charge is -2.20. The third-order valence-corrected chi connectivity index (χ3v) is 3.07. The largest absolute Gasteiger partial charge is 0.483 e. The van der Waals surface area contributed by atoms with E-state index in [9.17, 15) is 0 Å². The fourth-order valence-corrected chi connectivity index (χ4v) is 2.24. The molecule has 1 aromatic heterocycles. The molecule has 1 fully saturated rings. The summed E-state index contributed by atoms with van der Waals surface area (Å²) in [5.41, 5.74) is 7.56. The Morgan fingerprint density at radius 3 is 2.53 bits per heavy atom. The molecule has 0 spiro atoms. The number of aromatic nitrogens is 1. The van der Waals surface area contributed by atoms with Crippen molar-refractivity contribution in [3.63, 3.8) is 0 Å². The van der Waals surface area contributed by atoms with Gasteiger partial charge < -0.3 is 10.8 Å². The Hall–Kier alpha value is -1.58. The van der Waals surface area contributed by atoms with Gasteiger partial charge in [0.05, 0.1) is 11.9 Å². The van der Waals surface area contributed by atoms with E-state index in [1.165, 1.54) is 37.8 Å². The van der Waals surface area contributed by atoms with E-state index < -0.39 is 0 Å². The number of carbonyl (C=O) groups is 1. The molecule has 17 heavy (non-hydrogen) atoms. The summed E-state index contributed by atoms with van der Waals surface area (Å²) in [7, 11) is 0. The highest BCUT2D eigenvalue weighted by Crippen LogP contribution is 2.26. The highest BCUT2D eigenvalue weighted by Gasteiger charge is 2.14. The molecule has 4 nitrogen and oxygen atoms in total. The summed E-state index contributed by atoms with van der Waals surface area (Å²) in [6.45, 7) is -0.250. The first-order valence-electron chi connectivity index (χ1n) is 6.04. The zero-order valence-electron chi connectivity index (χ0n) is 10.0. The topological polar surface area (TPSA) is 76.2 Å². The van der Waals surface area contributed by atoms with Crippen LogP contribution in [0.15, 0.2) is 18.3 Å². The molecule has 94 valence electrons. The van der Waals surface area contributed by atoms with Crippen molar-refractivity contribution in [1.82, 2.24) is 4.98 Å². The monoisotopic (exact) mass is 236 g/mol. The molecule has 0 amide bonds. The van der Waals surface area contributed by atoms with Crippen LogP contribution in [0.25, 0.3) is 0 Å². The van der Waals surface area contributed by atoms with Gasteiger partial charge in [0, 0.05) is 5.69 Å². The van der Waals surface area contributed by atoms with Crippen LogP contribution in [0.4, 0.5) is 5.69 Å². The Balaban J connectivity index is 0.000000437. The van der Waals surface area contributed by atoms with Gasteiger partial charge in [0.15, 0.2) is 0 Å². The molecule has 0 aromatic carbocycles. The van der Waals surface area contributed by atoms with E-state index in [2.05, 4.69) is 11.1 Å². The molecule has 1 heterocycles. The summed E-state index contributed by atoms with van der Waals surface area (Å²) < 4.78 is 0. The van der Waals surface area contributed by atoms with E-state index in [-0.39, 0.29) is 6.47 Å². The number of rotatable bonds is 2. The number of nitrogens with two attached hydrogens (primary N) is 1. The molecule has 1 saturated carbocycles. The summed E-state index contributed by atoms with van der Waals surface area (Å²) in [6.07, 6.45) is 9.89. The SMILES string of the molecule is Nc1ccc(CC2CCCCC2)nc1.O=CO. The van der Waals surface area contributed by atoms with Crippen molar-refractivity contribution in [3.05, 3.63) is 24.0 Å². The average Bonchev–Trinajstić information content (AvgIpc) is 2.35. The lowest BCUT2D eigenvalue weighted by molar-refractivity contribution is -0.122. The Morgan fingerprint density at radius 2 is 2.00 bits per heavy atom. The van der Waals surface area contributed by atoms with Crippen molar-refractivity contribution in [2.24, 2.45) is 5.92 Å². The molecule has 1 aliphatic rings. The Kier molecular flexibility index (Phi) is 6.07. The van der Waals surface area contributed by atoms with Crippen LogP contribution in [0.2, 0.25) is 0 Å². The first kappa shape index (κ1) is 13.5. The fourth-order valence-electron chi connectivity index (χ4n) is 2.24. The standard InChI is InChI=1S/C12H18N2.CH2O2/c13-11-6-7-12(14-9-11)8-10-4-2-1-3-5-10;2-1-3/h6-7,9-10H,1-5,8,13H2;1H,(H,2,3).